The van der Waals surface area contributed by atoms with Crippen LogP contribution >= 0.6 is 0 Å². The molecule has 90 heavy (non-hydrogen) atoms. The number of hydrogen-bond acceptors (Lipinski definition) is 0. The van der Waals surface area contributed by atoms with Crippen LogP contribution in [-0.4, -0.2) is 0 Å². The van der Waals surface area contributed by atoms with Crippen molar-refractivity contribution in [3.8, 4) is 0 Å². The van der Waals surface area contributed by atoms with Crippen LogP contribution in [0.3, 0.4) is 0 Å². The highest BCUT2D eigenvalue weighted by Crippen LogP contribution is 2.22. The van der Waals surface area contributed by atoms with Crippen molar-refractivity contribution >= 4 is 0 Å². The van der Waals surface area contributed by atoms with Gasteiger partial charge >= 0.3 is 0 Å². The zero-order valence-corrected chi connectivity index (χ0v) is 63.8. The summed E-state index contributed by atoms with van der Waals surface area (Å²) in [5, 5.41) is 0. The second kappa shape index (κ2) is 88.7. The van der Waals surface area contributed by atoms with Gasteiger partial charge in [-0.2, -0.15) is 0 Å². The van der Waals surface area contributed by atoms with Crippen LogP contribution in [0.25, 0.3) is 0 Å². The van der Waals surface area contributed by atoms with Crippen molar-refractivity contribution in [1.82, 2.24) is 0 Å². The third-order valence-electron chi connectivity index (χ3n) is 21.8. The Labute approximate surface area is 575 Å². The van der Waals surface area contributed by atoms with Gasteiger partial charge in [0.2, 0.25) is 0 Å². The van der Waals surface area contributed by atoms with Crippen molar-refractivity contribution in [1.29, 1.82) is 0 Å². The van der Waals surface area contributed by atoms with E-state index < -0.39 is 0 Å². The third-order valence-corrected chi connectivity index (χ3v) is 21.8. The van der Waals surface area contributed by atoms with Gasteiger partial charge in [-0.15, -0.1) is 6.58 Å². The molecule has 0 atom stereocenters. The van der Waals surface area contributed by atoms with Crippen LogP contribution < -0.4 is 0 Å². The lowest BCUT2D eigenvalue weighted by atomic mass is 10.0. The number of hydrogen-bond donors (Lipinski definition) is 0. The first kappa shape index (κ1) is 89.7. The highest BCUT2D eigenvalue weighted by atomic mass is 14.1. The molecular weight excluding hydrogens is 1080 g/mol. The molecular formula is C90H180. The van der Waals surface area contributed by atoms with Gasteiger partial charge < -0.3 is 0 Å². The van der Waals surface area contributed by atoms with Gasteiger partial charge in [0, 0.05) is 0 Å². The molecule has 0 saturated carbocycles. The minimum Gasteiger partial charge on any atom is -0.103 e. The second-order valence-electron chi connectivity index (χ2n) is 31.1. The van der Waals surface area contributed by atoms with Crippen molar-refractivity contribution < 1.29 is 0 Å². The van der Waals surface area contributed by atoms with Gasteiger partial charge in [-0.1, -0.05) is 559 Å². The fourth-order valence-corrected chi connectivity index (χ4v) is 15.2. The van der Waals surface area contributed by atoms with Crippen LogP contribution in [0.15, 0.2) is 12.7 Å². The van der Waals surface area contributed by atoms with Crippen molar-refractivity contribution in [2.75, 3.05) is 0 Å². The number of rotatable bonds is 87. The van der Waals surface area contributed by atoms with Crippen molar-refractivity contribution in [3.63, 3.8) is 0 Å². The summed E-state index contributed by atoms with van der Waals surface area (Å²) in [6.45, 7) is 6.14. The molecule has 0 nitrogen and oxygen atoms in total. The summed E-state index contributed by atoms with van der Waals surface area (Å²) in [4.78, 5) is 0. The van der Waals surface area contributed by atoms with Gasteiger partial charge in [0.25, 0.3) is 0 Å². The van der Waals surface area contributed by atoms with Crippen LogP contribution in [0.1, 0.15) is 566 Å². The summed E-state index contributed by atoms with van der Waals surface area (Å²) in [5.41, 5.74) is 0. The van der Waals surface area contributed by atoms with E-state index >= 15 is 0 Å². The van der Waals surface area contributed by atoms with E-state index in [-0.39, 0.29) is 0 Å². The summed E-state index contributed by atoms with van der Waals surface area (Å²) in [7, 11) is 0. The lowest BCUT2D eigenvalue weighted by molar-refractivity contribution is 0.505. The number of allylic oxidation sites excluding steroid dienone is 1. The molecule has 0 spiro atoms. The van der Waals surface area contributed by atoms with Crippen molar-refractivity contribution in [2.24, 2.45) is 0 Å². The van der Waals surface area contributed by atoms with Gasteiger partial charge in [0.1, 0.15) is 0 Å². The maximum atomic E-state index is 3.83. The van der Waals surface area contributed by atoms with E-state index in [1.807, 2.05) is 0 Å². The standard InChI is InChI=1S/C90H180/c1-3-5-7-9-11-13-15-17-19-21-23-25-27-29-31-33-35-37-39-41-43-45-47-49-51-53-55-57-59-61-63-65-67-69-71-73-75-77-79-81-83-85-87-89-90-88-86-84-82-80-78-76-74-72-70-68-66-64-62-60-58-56-54-52-50-48-46-44-42-40-38-36-34-32-30-28-26-24-22-20-18-16-14-12-10-8-6-4-2/h3H,1,4-90H2,2H3. The molecule has 0 saturated heterocycles. The SMILES string of the molecule is C=CCCCCCCCCCCCCCCCCCCCCCCCCCCCCCCCCCCCCCCCCCCCCCCCCCCCCCCCCCCCCCCCCCCCCCCCCCCCCCCCCCCCCCCCC. The Kier molecular flexibility index (Phi) is 88.5. The van der Waals surface area contributed by atoms with E-state index in [1.165, 1.54) is 559 Å². The summed E-state index contributed by atoms with van der Waals surface area (Å²) in [5.74, 6) is 0. The first-order valence-corrected chi connectivity index (χ1v) is 44.5. The van der Waals surface area contributed by atoms with E-state index in [0.29, 0.717) is 0 Å². The molecule has 0 N–H and O–H groups in total. The highest BCUT2D eigenvalue weighted by molar-refractivity contribution is 4.65. The maximum Gasteiger partial charge on any atom is -0.0353 e. The average molecular weight is 1260 g/mol. The van der Waals surface area contributed by atoms with E-state index in [2.05, 4.69) is 19.6 Å². The van der Waals surface area contributed by atoms with Crippen LogP contribution in [0.4, 0.5) is 0 Å². The molecule has 540 valence electrons. The molecule has 0 bridgehead atoms. The molecule has 0 heterocycles. The lowest BCUT2D eigenvalue weighted by Gasteiger charge is -2.05. The largest absolute Gasteiger partial charge is 0.103 e. The molecule has 0 aliphatic rings. The van der Waals surface area contributed by atoms with E-state index in [0.717, 1.165) is 0 Å². The highest BCUT2D eigenvalue weighted by Gasteiger charge is 2.03. The average Bonchev–Trinajstić information content (AvgIpc) is 3.55. The zero-order valence-electron chi connectivity index (χ0n) is 63.8. The van der Waals surface area contributed by atoms with Crippen LogP contribution in [0.2, 0.25) is 0 Å². The Morgan fingerprint density at radius 1 is 0.111 bits per heavy atom. The second-order valence-corrected chi connectivity index (χ2v) is 31.1. The molecule has 0 rings (SSSR count). The predicted molar refractivity (Wildman–Crippen MR) is 418 cm³/mol. The fourth-order valence-electron chi connectivity index (χ4n) is 15.2. The van der Waals surface area contributed by atoms with E-state index in [1.54, 1.807) is 0 Å². The van der Waals surface area contributed by atoms with Gasteiger partial charge in [0.15, 0.2) is 0 Å². The third kappa shape index (κ3) is 87.7. The summed E-state index contributed by atoms with van der Waals surface area (Å²) in [6.07, 6.45) is 131. The number of unbranched alkanes of at least 4 members (excludes halogenated alkanes) is 86. The Bertz CT molecular complexity index is 1170. The lowest BCUT2D eigenvalue weighted by Crippen LogP contribution is -1.85. The van der Waals surface area contributed by atoms with Gasteiger partial charge in [-0.25, -0.2) is 0 Å². The van der Waals surface area contributed by atoms with Crippen molar-refractivity contribution in [2.45, 2.75) is 566 Å². The smallest absolute Gasteiger partial charge is 0.0353 e. The zero-order chi connectivity index (χ0) is 64.2. The normalized spacial score (nSPS) is 11.7. The molecule has 0 unspecified atom stereocenters. The Morgan fingerprint density at radius 2 is 0.178 bits per heavy atom. The summed E-state index contributed by atoms with van der Waals surface area (Å²) < 4.78 is 0. The molecule has 0 radical (unpaired) electrons. The molecule has 0 aliphatic carbocycles. The van der Waals surface area contributed by atoms with Gasteiger partial charge in [-0.3, -0.25) is 0 Å². The quantitative estimate of drug-likeness (QED) is 0.0421. The van der Waals surface area contributed by atoms with Gasteiger partial charge in [0.05, 0.1) is 0 Å². The van der Waals surface area contributed by atoms with Crippen LogP contribution in [0, 0.1) is 0 Å². The monoisotopic (exact) mass is 1260 g/mol. The molecule has 0 heteroatoms. The predicted octanol–water partition coefficient (Wildman–Crippen LogP) is 35.1. The summed E-state index contributed by atoms with van der Waals surface area (Å²) in [6, 6.07) is 0. The maximum absolute atomic E-state index is 3.83. The molecule has 0 fully saturated rings. The van der Waals surface area contributed by atoms with Crippen LogP contribution in [-0.2, 0) is 0 Å². The fraction of sp³-hybridized carbons (Fsp3) is 0.978. The van der Waals surface area contributed by atoms with E-state index in [9.17, 15) is 0 Å². The summed E-state index contributed by atoms with van der Waals surface area (Å²) >= 11 is 0. The Morgan fingerprint density at radius 3 is 0.244 bits per heavy atom. The van der Waals surface area contributed by atoms with E-state index in [4.69, 9.17) is 0 Å². The van der Waals surface area contributed by atoms with Gasteiger partial charge in [-0.05, 0) is 12.8 Å². The first-order chi connectivity index (χ1) is 44.9. The minimum absolute atomic E-state index is 1.21. The molecule has 0 aromatic heterocycles. The topological polar surface area (TPSA) is 0 Å². The Hall–Kier alpha value is -0.260. The minimum atomic E-state index is 1.21. The molecule has 0 amide bonds. The molecule has 0 aliphatic heterocycles. The molecule has 0 aromatic carbocycles. The van der Waals surface area contributed by atoms with Crippen LogP contribution in [0.5, 0.6) is 0 Å². The first-order valence-electron chi connectivity index (χ1n) is 44.5. The molecule has 0 aromatic rings. The Balaban J connectivity index is 3.09. The van der Waals surface area contributed by atoms with Crippen molar-refractivity contribution in [3.05, 3.63) is 12.7 Å².